The molecule has 0 fully saturated rings. The van der Waals surface area contributed by atoms with Crippen LogP contribution in [0.1, 0.15) is 34.0 Å². The Bertz CT molecular complexity index is 710. The largest absolute Gasteiger partial charge is 0.476 e. The van der Waals surface area contributed by atoms with Gasteiger partial charge in [0.25, 0.3) is 0 Å². The number of fused-ring (bicyclic) bond motifs is 1. The molecule has 3 rings (SSSR count). The second-order valence-corrected chi connectivity index (χ2v) is 5.35. The highest BCUT2D eigenvalue weighted by atomic mass is 16.4. The fourth-order valence-corrected chi connectivity index (χ4v) is 2.77. The van der Waals surface area contributed by atoms with E-state index in [1.165, 1.54) is 22.0 Å². The van der Waals surface area contributed by atoms with Crippen LogP contribution in [0.2, 0.25) is 0 Å². The third kappa shape index (κ3) is 2.98. The van der Waals surface area contributed by atoms with E-state index in [-0.39, 0.29) is 18.1 Å². The van der Waals surface area contributed by atoms with Gasteiger partial charge in [-0.3, -0.25) is 4.79 Å². The van der Waals surface area contributed by atoms with E-state index < -0.39 is 5.97 Å². The summed E-state index contributed by atoms with van der Waals surface area (Å²) in [5.74, 6) is -1.02. The molecular formula is C15H16N4O3. The van der Waals surface area contributed by atoms with E-state index in [0.717, 1.165) is 12.8 Å². The van der Waals surface area contributed by atoms with Crippen molar-refractivity contribution >= 4 is 11.9 Å². The fourth-order valence-electron chi connectivity index (χ4n) is 2.77. The van der Waals surface area contributed by atoms with Crippen molar-refractivity contribution in [3.05, 3.63) is 47.3 Å². The number of aryl methyl sites for hydroxylation is 1. The van der Waals surface area contributed by atoms with Crippen LogP contribution in [0, 0.1) is 0 Å². The summed E-state index contributed by atoms with van der Waals surface area (Å²) in [6.45, 7) is 0.547. The molecule has 0 saturated carbocycles. The van der Waals surface area contributed by atoms with Crippen LogP contribution in [0.4, 0.5) is 0 Å². The number of carboxylic acid groups (broad SMARTS) is 1. The lowest BCUT2D eigenvalue weighted by molar-refractivity contribution is -0.121. The van der Waals surface area contributed by atoms with Gasteiger partial charge in [0, 0.05) is 12.5 Å². The van der Waals surface area contributed by atoms with Gasteiger partial charge in [0.15, 0.2) is 5.69 Å². The number of amides is 1. The minimum absolute atomic E-state index is 0.0331. The molecule has 1 unspecified atom stereocenters. The van der Waals surface area contributed by atoms with Gasteiger partial charge >= 0.3 is 5.97 Å². The van der Waals surface area contributed by atoms with Crippen LogP contribution >= 0.6 is 0 Å². The number of hydrogen-bond acceptors (Lipinski definition) is 4. The van der Waals surface area contributed by atoms with Gasteiger partial charge in [-0.1, -0.05) is 29.5 Å². The van der Waals surface area contributed by atoms with E-state index in [2.05, 4.69) is 27.8 Å². The zero-order chi connectivity index (χ0) is 15.5. The topological polar surface area (TPSA) is 97.1 Å². The second-order valence-electron chi connectivity index (χ2n) is 5.35. The first-order chi connectivity index (χ1) is 10.6. The smallest absolute Gasteiger partial charge is 0.358 e. The third-order valence-electron chi connectivity index (χ3n) is 3.87. The number of nitrogens with one attached hydrogen (secondary N) is 1. The van der Waals surface area contributed by atoms with Crippen LogP contribution in [0.25, 0.3) is 0 Å². The number of carbonyl (C=O) groups excluding carboxylic acids is 1. The van der Waals surface area contributed by atoms with Crippen molar-refractivity contribution in [3.63, 3.8) is 0 Å². The van der Waals surface area contributed by atoms with Crippen LogP contribution in [-0.2, 0) is 17.8 Å². The van der Waals surface area contributed by atoms with Gasteiger partial charge in [0.1, 0.15) is 6.54 Å². The summed E-state index contributed by atoms with van der Waals surface area (Å²) >= 11 is 0. The molecule has 114 valence electrons. The molecule has 1 aliphatic carbocycles. The SMILES string of the molecule is O=C(Cn1cc(C(=O)O)nn1)NCC1CCc2ccccc21. The van der Waals surface area contributed by atoms with Crippen LogP contribution in [0.5, 0.6) is 0 Å². The molecule has 7 heteroatoms. The average molecular weight is 300 g/mol. The first-order valence-corrected chi connectivity index (χ1v) is 7.11. The summed E-state index contributed by atoms with van der Waals surface area (Å²) in [5.41, 5.74) is 2.48. The minimum atomic E-state index is -1.16. The summed E-state index contributed by atoms with van der Waals surface area (Å²) < 4.78 is 1.22. The minimum Gasteiger partial charge on any atom is -0.476 e. The number of aromatic carboxylic acids is 1. The quantitative estimate of drug-likeness (QED) is 0.852. The van der Waals surface area contributed by atoms with Gasteiger partial charge in [0.2, 0.25) is 5.91 Å². The Morgan fingerprint density at radius 3 is 2.95 bits per heavy atom. The maximum Gasteiger partial charge on any atom is 0.358 e. The normalized spacial score (nSPS) is 16.3. The molecule has 7 nitrogen and oxygen atoms in total. The van der Waals surface area contributed by atoms with Crippen molar-refractivity contribution in [3.8, 4) is 0 Å². The molecule has 0 bridgehead atoms. The van der Waals surface area contributed by atoms with Crippen LogP contribution in [0.15, 0.2) is 30.5 Å². The van der Waals surface area contributed by atoms with Gasteiger partial charge in [-0.15, -0.1) is 5.10 Å². The first-order valence-electron chi connectivity index (χ1n) is 7.11. The lowest BCUT2D eigenvalue weighted by atomic mass is 10.0. The van der Waals surface area contributed by atoms with Gasteiger partial charge in [0.05, 0.1) is 6.20 Å². The number of nitrogens with zero attached hydrogens (tertiary/aromatic N) is 3. The summed E-state index contributed by atoms with van der Waals surface area (Å²) in [5, 5.41) is 18.7. The summed E-state index contributed by atoms with van der Waals surface area (Å²) in [6.07, 6.45) is 3.32. The number of carboxylic acids is 1. The van der Waals surface area contributed by atoms with Crippen LogP contribution < -0.4 is 5.32 Å². The zero-order valence-corrected chi connectivity index (χ0v) is 11.9. The average Bonchev–Trinajstić information content (AvgIpc) is 3.12. The van der Waals surface area contributed by atoms with E-state index in [1.54, 1.807) is 0 Å². The van der Waals surface area contributed by atoms with E-state index >= 15 is 0 Å². The lowest BCUT2D eigenvalue weighted by Crippen LogP contribution is -2.31. The molecule has 2 aromatic rings. The molecule has 1 aromatic carbocycles. The van der Waals surface area contributed by atoms with Crippen molar-refractivity contribution in [1.82, 2.24) is 20.3 Å². The van der Waals surface area contributed by atoms with E-state index in [9.17, 15) is 9.59 Å². The number of rotatable bonds is 5. The Morgan fingerprint density at radius 1 is 1.36 bits per heavy atom. The van der Waals surface area contributed by atoms with Crippen molar-refractivity contribution in [2.24, 2.45) is 0 Å². The predicted octanol–water partition coefficient (Wildman–Crippen LogP) is 0.822. The monoisotopic (exact) mass is 300 g/mol. The molecule has 0 saturated heterocycles. The van der Waals surface area contributed by atoms with Gasteiger partial charge < -0.3 is 10.4 Å². The molecule has 0 aliphatic heterocycles. The molecule has 2 N–H and O–H groups in total. The highest BCUT2D eigenvalue weighted by molar-refractivity contribution is 5.84. The van der Waals surface area contributed by atoms with Gasteiger partial charge in [-0.2, -0.15) is 0 Å². The molecule has 1 aromatic heterocycles. The summed E-state index contributed by atoms with van der Waals surface area (Å²) in [4.78, 5) is 22.6. The molecule has 0 radical (unpaired) electrons. The molecule has 1 amide bonds. The molecule has 22 heavy (non-hydrogen) atoms. The summed E-state index contributed by atoms with van der Waals surface area (Å²) in [7, 11) is 0. The van der Waals surface area contributed by atoms with Crippen molar-refractivity contribution in [2.45, 2.75) is 25.3 Å². The van der Waals surface area contributed by atoms with Crippen LogP contribution in [-0.4, -0.2) is 38.5 Å². The first kappa shape index (κ1) is 14.2. The second kappa shape index (κ2) is 5.97. The molecule has 0 spiro atoms. The Morgan fingerprint density at radius 2 is 2.18 bits per heavy atom. The predicted molar refractivity (Wildman–Crippen MR) is 77.5 cm³/mol. The number of hydrogen-bond donors (Lipinski definition) is 2. The van der Waals surface area contributed by atoms with Crippen molar-refractivity contribution in [1.29, 1.82) is 0 Å². The fraction of sp³-hybridized carbons (Fsp3) is 0.333. The highest BCUT2D eigenvalue weighted by Gasteiger charge is 2.22. The number of aromatic nitrogens is 3. The number of carbonyl (C=O) groups is 2. The highest BCUT2D eigenvalue weighted by Crippen LogP contribution is 2.31. The van der Waals surface area contributed by atoms with E-state index in [4.69, 9.17) is 5.11 Å². The molecular weight excluding hydrogens is 284 g/mol. The Hall–Kier alpha value is -2.70. The molecule has 1 heterocycles. The van der Waals surface area contributed by atoms with Gasteiger partial charge in [-0.05, 0) is 24.0 Å². The standard InChI is InChI=1S/C15H16N4O3/c20-14(9-19-8-13(15(21)22)17-18-19)16-7-11-6-5-10-3-1-2-4-12(10)11/h1-4,8,11H,5-7,9H2,(H,16,20)(H,21,22). The number of benzene rings is 1. The maximum absolute atomic E-state index is 11.9. The summed E-state index contributed by atoms with van der Waals surface area (Å²) in [6, 6.07) is 8.28. The van der Waals surface area contributed by atoms with Crippen molar-refractivity contribution in [2.75, 3.05) is 6.54 Å². The van der Waals surface area contributed by atoms with Crippen LogP contribution in [0.3, 0.4) is 0 Å². The molecule has 1 aliphatic rings. The molecule has 1 atom stereocenters. The Balaban J connectivity index is 1.53. The van der Waals surface area contributed by atoms with E-state index in [0.29, 0.717) is 12.5 Å². The third-order valence-corrected chi connectivity index (χ3v) is 3.87. The zero-order valence-electron chi connectivity index (χ0n) is 11.9. The van der Waals surface area contributed by atoms with Crippen molar-refractivity contribution < 1.29 is 14.7 Å². The maximum atomic E-state index is 11.9. The Kier molecular flexibility index (Phi) is 3.86. The lowest BCUT2D eigenvalue weighted by Gasteiger charge is -2.12. The Labute approximate surface area is 126 Å². The van der Waals surface area contributed by atoms with Gasteiger partial charge in [-0.25, -0.2) is 9.48 Å². The van der Waals surface area contributed by atoms with E-state index in [1.807, 2.05) is 12.1 Å².